The zero-order valence-corrected chi connectivity index (χ0v) is 10.2. The van der Waals surface area contributed by atoms with Gasteiger partial charge in [-0.1, -0.05) is 6.07 Å². The summed E-state index contributed by atoms with van der Waals surface area (Å²) in [6.45, 7) is 3.76. The molecular weight excluding hydrogens is 204 g/mol. The Balaban J connectivity index is 2.45. The lowest BCUT2D eigenvalue weighted by molar-refractivity contribution is 0.0418. The van der Waals surface area contributed by atoms with Gasteiger partial charge in [0.05, 0.1) is 12.7 Å². The number of rotatable bonds is 6. The molecule has 1 N–H and O–H groups in total. The molecule has 0 aliphatic rings. The summed E-state index contributed by atoms with van der Waals surface area (Å²) in [5.41, 5.74) is 2.23. The Kier molecular flexibility index (Phi) is 5.38. The van der Waals surface area contributed by atoms with E-state index in [4.69, 9.17) is 4.74 Å². The summed E-state index contributed by atoms with van der Waals surface area (Å²) in [6.07, 6.45) is 1.35. The predicted octanol–water partition coefficient (Wildman–Crippen LogP) is 0.829. The first-order chi connectivity index (χ1) is 7.63. The molecule has 1 unspecified atom stereocenters. The molecule has 0 saturated carbocycles. The van der Waals surface area contributed by atoms with Gasteiger partial charge in [0.2, 0.25) is 0 Å². The molecule has 0 aliphatic carbocycles. The molecule has 0 amide bonds. The number of aliphatic hydroxyl groups is 1. The summed E-state index contributed by atoms with van der Waals surface area (Å²) in [4.78, 5) is 6.30. The van der Waals surface area contributed by atoms with Crippen molar-refractivity contribution < 1.29 is 9.84 Å². The summed E-state index contributed by atoms with van der Waals surface area (Å²) >= 11 is 0. The van der Waals surface area contributed by atoms with Crippen LogP contribution in [0.4, 0.5) is 0 Å². The molecule has 0 spiro atoms. The molecule has 16 heavy (non-hydrogen) atoms. The zero-order chi connectivity index (χ0) is 12.0. The monoisotopic (exact) mass is 224 g/mol. The molecule has 0 bridgehead atoms. The molecule has 0 saturated heterocycles. The van der Waals surface area contributed by atoms with Crippen molar-refractivity contribution in [3.8, 4) is 0 Å². The van der Waals surface area contributed by atoms with Gasteiger partial charge in [-0.15, -0.1) is 0 Å². The van der Waals surface area contributed by atoms with Crippen LogP contribution >= 0.6 is 0 Å². The highest BCUT2D eigenvalue weighted by Crippen LogP contribution is 2.07. The van der Waals surface area contributed by atoms with Crippen LogP contribution in [0.25, 0.3) is 0 Å². The Morgan fingerprint density at radius 1 is 1.56 bits per heavy atom. The number of hydrogen-bond acceptors (Lipinski definition) is 4. The van der Waals surface area contributed by atoms with Crippen LogP contribution in [0.3, 0.4) is 0 Å². The molecule has 1 atom stereocenters. The zero-order valence-electron chi connectivity index (χ0n) is 10.2. The normalized spacial score (nSPS) is 13.1. The minimum Gasteiger partial charge on any atom is -0.389 e. The summed E-state index contributed by atoms with van der Waals surface area (Å²) in [5.74, 6) is 0. The largest absolute Gasteiger partial charge is 0.389 e. The van der Waals surface area contributed by atoms with Crippen molar-refractivity contribution >= 4 is 0 Å². The average Bonchev–Trinajstić information content (AvgIpc) is 2.21. The summed E-state index contributed by atoms with van der Waals surface area (Å²) < 4.78 is 4.89. The SMILES string of the molecule is COCC(O)CN(C)Cc1cccnc1C. The van der Waals surface area contributed by atoms with Gasteiger partial charge in [0.25, 0.3) is 0 Å². The molecule has 4 nitrogen and oxygen atoms in total. The smallest absolute Gasteiger partial charge is 0.0900 e. The fourth-order valence-corrected chi connectivity index (χ4v) is 1.64. The minimum absolute atomic E-state index is 0.371. The van der Waals surface area contributed by atoms with Gasteiger partial charge >= 0.3 is 0 Å². The molecule has 1 heterocycles. The molecule has 1 aromatic heterocycles. The number of likely N-dealkylation sites (N-methyl/N-ethyl adjacent to an activating group) is 1. The Hall–Kier alpha value is -0.970. The van der Waals surface area contributed by atoms with Crippen LogP contribution in [0.1, 0.15) is 11.3 Å². The van der Waals surface area contributed by atoms with Crippen LogP contribution in [0, 0.1) is 6.92 Å². The molecule has 4 heteroatoms. The summed E-state index contributed by atoms with van der Waals surface area (Å²) in [5, 5.41) is 9.58. The van der Waals surface area contributed by atoms with Crippen molar-refractivity contribution in [3.05, 3.63) is 29.6 Å². The Morgan fingerprint density at radius 2 is 2.31 bits per heavy atom. The van der Waals surface area contributed by atoms with Crippen LogP contribution in [0.2, 0.25) is 0 Å². The maximum atomic E-state index is 9.58. The number of aliphatic hydroxyl groups excluding tert-OH is 1. The van der Waals surface area contributed by atoms with E-state index >= 15 is 0 Å². The van der Waals surface area contributed by atoms with Gasteiger partial charge < -0.3 is 9.84 Å². The van der Waals surface area contributed by atoms with Gasteiger partial charge in [-0.2, -0.15) is 0 Å². The van der Waals surface area contributed by atoms with E-state index in [2.05, 4.69) is 16.0 Å². The highest BCUT2D eigenvalue weighted by Gasteiger charge is 2.09. The third-order valence-electron chi connectivity index (χ3n) is 2.44. The third-order valence-corrected chi connectivity index (χ3v) is 2.44. The Bertz CT molecular complexity index is 318. The van der Waals surface area contributed by atoms with E-state index in [1.54, 1.807) is 13.3 Å². The standard InChI is InChI=1S/C12H20N2O2/c1-10-11(5-4-6-13-10)7-14(2)8-12(15)9-16-3/h4-6,12,15H,7-9H2,1-3H3. The minimum atomic E-state index is -0.438. The van der Waals surface area contributed by atoms with Crippen molar-refractivity contribution in [1.29, 1.82) is 0 Å². The lowest BCUT2D eigenvalue weighted by atomic mass is 10.2. The van der Waals surface area contributed by atoms with E-state index in [9.17, 15) is 5.11 Å². The molecular formula is C12H20N2O2. The lowest BCUT2D eigenvalue weighted by Gasteiger charge is -2.20. The fraction of sp³-hybridized carbons (Fsp3) is 0.583. The molecule has 0 radical (unpaired) electrons. The van der Waals surface area contributed by atoms with Crippen LogP contribution in [0.15, 0.2) is 18.3 Å². The number of ether oxygens (including phenoxy) is 1. The molecule has 0 aromatic carbocycles. The fourth-order valence-electron chi connectivity index (χ4n) is 1.64. The first-order valence-electron chi connectivity index (χ1n) is 5.39. The van der Waals surface area contributed by atoms with Crippen molar-refractivity contribution in [2.24, 2.45) is 0 Å². The van der Waals surface area contributed by atoms with E-state index in [-0.39, 0.29) is 0 Å². The number of aryl methyl sites for hydroxylation is 1. The van der Waals surface area contributed by atoms with Crippen LogP contribution < -0.4 is 0 Å². The molecule has 90 valence electrons. The first kappa shape index (κ1) is 13.1. The molecule has 1 rings (SSSR count). The van der Waals surface area contributed by atoms with Crippen LogP contribution in [-0.4, -0.2) is 48.4 Å². The van der Waals surface area contributed by atoms with Gasteiger partial charge in [0.1, 0.15) is 0 Å². The second kappa shape index (κ2) is 6.58. The van der Waals surface area contributed by atoms with E-state index in [1.807, 2.05) is 20.0 Å². The second-order valence-corrected chi connectivity index (χ2v) is 4.05. The molecule has 1 aromatic rings. The maximum absolute atomic E-state index is 9.58. The van der Waals surface area contributed by atoms with Crippen molar-refractivity contribution in [2.75, 3.05) is 27.3 Å². The molecule has 0 fully saturated rings. The van der Waals surface area contributed by atoms with Crippen molar-refractivity contribution in [1.82, 2.24) is 9.88 Å². The van der Waals surface area contributed by atoms with Crippen molar-refractivity contribution in [2.45, 2.75) is 19.6 Å². The Morgan fingerprint density at radius 3 is 2.94 bits per heavy atom. The number of nitrogens with zero attached hydrogens (tertiary/aromatic N) is 2. The van der Waals surface area contributed by atoms with Gasteiger partial charge in [0.15, 0.2) is 0 Å². The Labute approximate surface area is 96.9 Å². The van der Waals surface area contributed by atoms with Gasteiger partial charge in [-0.05, 0) is 25.6 Å². The van der Waals surface area contributed by atoms with E-state index in [0.717, 1.165) is 12.2 Å². The average molecular weight is 224 g/mol. The second-order valence-electron chi connectivity index (χ2n) is 4.05. The predicted molar refractivity (Wildman–Crippen MR) is 63.2 cm³/mol. The highest BCUT2D eigenvalue weighted by atomic mass is 16.5. The van der Waals surface area contributed by atoms with E-state index < -0.39 is 6.10 Å². The third kappa shape index (κ3) is 4.26. The summed E-state index contributed by atoms with van der Waals surface area (Å²) in [7, 11) is 3.57. The van der Waals surface area contributed by atoms with Crippen LogP contribution in [0.5, 0.6) is 0 Å². The van der Waals surface area contributed by atoms with Gasteiger partial charge in [-0.3, -0.25) is 9.88 Å². The van der Waals surface area contributed by atoms with E-state index in [1.165, 1.54) is 5.56 Å². The number of hydrogen-bond donors (Lipinski definition) is 1. The number of aromatic nitrogens is 1. The van der Waals surface area contributed by atoms with Gasteiger partial charge in [-0.25, -0.2) is 0 Å². The van der Waals surface area contributed by atoms with Crippen LogP contribution in [-0.2, 0) is 11.3 Å². The topological polar surface area (TPSA) is 45.6 Å². The summed E-state index contributed by atoms with van der Waals surface area (Å²) in [6, 6.07) is 3.99. The number of pyridine rings is 1. The highest BCUT2D eigenvalue weighted by molar-refractivity contribution is 5.17. The lowest BCUT2D eigenvalue weighted by Crippen LogP contribution is -2.31. The van der Waals surface area contributed by atoms with Gasteiger partial charge in [0, 0.05) is 32.1 Å². The number of methoxy groups -OCH3 is 1. The quantitative estimate of drug-likeness (QED) is 0.777. The van der Waals surface area contributed by atoms with Crippen molar-refractivity contribution in [3.63, 3.8) is 0 Å². The molecule has 0 aliphatic heterocycles. The van der Waals surface area contributed by atoms with E-state index in [0.29, 0.717) is 13.2 Å². The maximum Gasteiger partial charge on any atom is 0.0900 e. The first-order valence-corrected chi connectivity index (χ1v) is 5.39.